The monoisotopic (exact) mass is 629 g/mol. The molecule has 11 heteroatoms. The van der Waals surface area contributed by atoms with Gasteiger partial charge in [-0.3, -0.25) is 39.1 Å². The molecule has 3 saturated carbocycles. The predicted octanol–water partition coefficient (Wildman–Crippen LogP) is 5.01. The number of rotatable bonds is 8. The lowest BCUT2D eigenvalue weighted by molar-refractivity contribution is -0.136. The minimum absolute atomic E-state index is 0.101. The van der Waals surface area contributed by atoms with Crippen molar-refractivity contribution in [1.82, 2.24) is 30.0 Å². The Morgan fingerprint density at radius 3 is 2.49 bits per heavy atom. The molecular weight excluding hydrogens is 594 g/mol. The van der Waals surface area contributed by atoms with E-state index in [9.17, 15) is 19.2 Å². The lowest BCUT2D eigenvalue weighted by Gasteiger charge is -2.58. The van der Waals surface area contributed by atoms with E-state index in [4.69, 9.17) is 10.1 Å². The van der Waals surface area contributed by atoms with E-state index in [1.807, 2.05) is 36.5 Å². The van der Waals surface area contributed by atoms with Crippen molar-refractivity contribution in [1.29, 1.82) is 0 Å². The molecule has 4 heterocycles. The zero-order chi connectivity index (χ0) is 31.9. The Bertz CT molecular complexity index is 1980. The minimum atomic E-state index is -0.966. The second-order valence-electron chi connectivity index (χ2n) is 14.2. The van der Waals surface area contributed by atoms with Crippen LogP contribution < -0.4 is 10.6 Å². The molecule has 2 aromatic heterocycles. The van der Waals surface area contributed by atoms with Crippen molar-refractivity contribution in [2.24, 2.45) is 11.3 Å². The molecule has 1 atom stereocenters. The average molecular weight is 630 g/mol. The quantitative estimate of drug-likeness (QED) is 0.260. The number of hydrogen-bond donors (Lipinski definition) is 2. The molecule has 4 amide bonds. The predicted molar refractivity (Wildman–Crippen MR) is 172 cm³/mol. The standard InChI is InChI=1S/C36H35N7O4/c44-30-11-10-29(33(45)40-30)43-34(46)23-4-3-7-27(31(23)35(43)47)37-13-12-20-14-36(15-20)16-22(17-36)42-19-24(32(41-42)21-8-9-21)28-18-38-25-5-1-2-6-26(25)39-28/h1-7,18-22,29,37H,8-17H2,(H,40,44,45). The van der Waals surface area contributed by atoms with Gasteiger partial charge in [0.15, 0.2) is 0 Å². The van der Waals surface area contributed by atoms with E-state index >= 15 is 0 Å². The normalized spacial score (nSPS) is 26.7. The minimum Gasteiger partial charge on any atom is -0.384 e. The first-order valence-corrected chi connectivity index (χ1v) is 16.8. The number of fused-ring (bicyclic) bond motifs is 2. The lowest BCUT2D eigenvalue weighted by atomic mass is 9.49. The number of aromatic nitrogens is 4. The lowest BCUT2D eigenvalue weighted by Crippen LogP contribution is -2.54. The highest BCUT2D eigenvalue weighted by atomic mass is 16.2. The van der Waals surface area contributed by atoms with Crippen LogP contribution in [0.2, 0.25) is 0 Å². The molecule has 1 unspecified atom stereocenters. The van der Waals surface area contributed by atoms with Crippen LogP contribution in [0.1, 0.15) is 96.2 Å². The Morgan fingerprint density at radius 1 is 0.894 bits per heavy atom. The van der Waals surface area contributed by atoms with Gasteiger partial charge in [0.1, 0.15) is 6.04 Å². The maximum absolute atomic E-state index is 13.4. The molecule has 0 bridgehead atoms. The first-order chi connectivity index (χ1) is 22.9. The number of nitrogens with zero attached hydrogens (tertiary/aromatic N) is 5. The van der Waals surface area contributed by atoms with Gasteiger partial charge in [-0.1, -0.05) is 18.2 Å². The van der Waals surface area contributed by atoms with Crippen LogP contribution in [0, 0.1) is 11.3 Å². The van der Waals surface area contributed by atoms with Crippen LogP contribution in [0.25, 0.3) is 22.3 Å². The second kappa shape index (κ2) is 10.5. The molecule has 4 aromatic rings. The van der Waals surface area contributed by atoms with Crippen LogP contribution in [0.4, 0.5) is 5.69 Å². The number of piperidine rings is 1. The Kier molecular flexibility index (Phi) is 6.35. The number of hydrogen-bond acceptors (Lipinski definition) is 8. The third-order valence-corrected chi connectivity index (χ3v) is 10.9. The summed E-state index contributed by atoms with van der Waals surface area (Å²) in [5.41, 5.74) is 6.62. The van der Waals surface area contributed by atoms with Gasteiger partial charge < -0.3 is 5.32 Å². The summed E-state index contributed by atoms with van der Waals surface area (Å²) in [5, 5.41) is 10.8. The molecule has 3 aliphatic carbocycles. The Balaban J connectivity index is 0.811. The van der Waals surface area contributed by atoms with Gasteiger partial charge in [0.05, 0.1) is 45.8 Å². The van der Waals surface area contributed by atoms with Gasteiger partial charge in [-0.05, 0) is 87.0 Å². The summed E-state index contributed by atoms with van der Waals surface area (Å²) in [5.74, 6) is -0.814. The third-order valence-electron chi connectivity index (χ3n) is 10.9. The van der Waals surface area contributed by atoms with E-state index in [0.29, 0.717) is 46.7 Å². The fourth-order valence-electron chi connectivity index (χ4n) is 8.44. The molecule has 2 N–H and O–H groups in total. The highest BCUT2D eigenvalue weighted by Gasteiger charge is 2.53. The summed E-state index contributed by atoms with van der Waals surface area (Å²) in [7, 11) is 0. The van der Waals surface area contributed by atoms with Crippen molar-refractivity contribution in [2.45, 2.75) is 75.8 Å². The van der Waals surface area contributed by atoms with Crippen LogP contribution in [0.15, 0.2) is 54.9 Å². The Hall–Kier alpha value is -4.93. The van der Waals surface area contributed by atoms with Gasteiger partial charge in [-0.2, -0.15) is 5.10 Å². The van der Waals surface area contributed by atoms with Gasteiger partial charge in [0.25, 0.3) is 11.8 Å². The van der Waals surface area contributed by atoms with Crippen molar-refractivity contribution in [3.05, 3.63) is 71.7 Å². The van der Waals surface area contributed by atoms with Crippen LogP contribution in [0.5, 0.6) is 0 Å². The smallest absolute Gasteiger partial charge is 0.264 e. The van der Waals surface area contributed by atoms with Crippen LogP contribution >= 0.6 is 0 Å². The fraction of sp³-hybridized carbons (Fsp3) is 0.417. The van der Waals surface area contributed by atoms with Gasteiger partial charge in [-0.15, -0.1) is 0 Å². The molecule has 2 aliphatic heterocycles. The molecule has 0 radical (unpaired) electrons. The van der Waals surface area contributed by atoms with Crippen molar-refractivity contribution < 1.29 is 19.2 Å². The summed E-state index contributed by atoms with van der Waals surface area (Å²) in [6.07, 6.45) is 12.4. The topological polar surface area (TPSA) is 139 Å². The van der Waals surface area contributed by atoms with Crippen LogP contribution in [-0.2, 0) is 9.59 Å². The maximum atomic E-state index is 13.4. The Labute approximate surface area is 271 Å². The number of benzene rings is 2. The summed E-state index contributed by atoms with van der Waals surface area (Å²) in [4.78, 5) is 61.1. The van der Waals surface area contributed by atoms with E-state index in [2.05, 4.69) is 26.5 Å². The molecule has 11 nitrogen and oxygen atoms in total. The largest absolute Gasteiger partial charge is 0.384 e. The fourth-order valence-corrected chi connectivity index (χ4v) is 8.44. The highest BCUT2D eigenvalue weighted by molar-refractivity contribution is 6.25. The molecule has 1 spiro atoms. The molecule has 5 aliphatic rings. The number of carbonyl (C=O) groups excluding carboxylic acids is 4. The summed E-state index contributed by atoms with van der Waals surface area (Å²) < 4.78 is 2.20. The molecular formula is C36H35N7O4. The van der Waals surface area contributed by atoms with E-state index in [1.54, 1.807) is 12.1 Å². The van der Waals surface area contributed by atoms with Crippen molar-refractivity contribution in [3.63, 3.8) is 0 Å². The van der Waals surface area contributed by atoms with Crippen molar-refractivity contribution in [2.75, 3.05) is 11.9 Å². The van der Waals surface area contributed by atoms with E-state index < -0.39 is 23.8 Å². The number of amides is 4. The first-order valence-electron chi connectivity index (χ1n) is 16.8. The van der Waals surface area contributed by atoms with Crippen LogP contribution in [-0.4, -0.2) is 60.9 Å². The zero-order valence-corrected chi connectivity index (χ0v) is 25.9. The number of para-hydroxylation sites is 2. The summed E-state index contributed by atoms with van der Waals surface area (Å²) >= 11 is 0. The van der Waals surface area contributed by atoms with E-state index in [1.165, 1.54) is 31.4 Å². The highest BCUT2D eigenvalue weighted by Crippen LogP contribution is 2.63. The number of anilines is 1. The maximum Gasteiger partial charge on any atom is 0.264 e. The molecule has 1 saturated heterocycles. The molecule has 238 valence electrons. The van der Waals surface area contributed by atoms with Crippen molar-refractivity contribution in [3.8, 4) is 11.3 Å². The molecule has 4 fully saturated rings. The summed E-state index contributed by atoms with van der Waals surface area (Å²) in [6.45, 7) is 0.695. The SMILES string of the molecule is O=C1CCC(N2C(=O)c3cccc(NCCC4CC5(C4)CC(n4cc(-c6cnc7ccccc7n6)c(C6CC6)n4)C5)c3C2=O)C(=O)N1. The number of imide groups is 2. The Morgan fingerprint density at radius 2 is 1.70 bits per heavy atom. The van der Waals surface area contributed by atoms with Gasteiger partial charge in [0, 0.05) is 36.3 Å². The molecule has 9 rings (SSSR count). The zero-order valence-electron chi connectivity index (χ0n) is 25.9. The second-order valence-corrected chi connectivity index (χ2v) is 14.2. The van der Waals surface area contributed by atoms with Gasteiger partial charge >= 0.3 is 0 Å². The van der Waals surface area contributed by atoms with Crippen LogP contribution in [0.3, 0.4) is 0 Å². The summed E-state index contributed by atoms with van der Waals surface area (Å²) in [6, 6.07) is 12.6. The number of nitrogens with one attached hydrogen (secondary N) is 2. The van der Waals surface area contributed by atoms with Gasteiger partial charge in [0.2, 0.25) is 11.8 Å². The first kappa shape index (κ1) is 28.3. The molecule has 2 aromatic carbocycles. The number of carbonyl (C=O) groups is 4. The van der Waals surface area contributed by atoms with E-state index in [0.717, 1.165) is 46.5 Å². The average Bonchev–Trinajstić information content (AvgIpc) is 3.74. The van der Waals surface area contributed by atoms with Gasteiger partial charge in [-0.25, -0.2) is 4.98 Å². The third kappa shape index (κ3) is 4.73. The molecule has 47 heavy (non-hydrogen) atoms. The van der Waals surface area contributed by atoms with E-state index in [-0.39, 0.29) is 18.7 Å². The van der Waals surface area contributed by atoms with Crippen molar-refractivity contribution >= 4 is 40.3 Å².